The van der Waals surface area contributed by atoms with Crippen LogP contribution in [0, 0.1) is 13.8 Å². The lowest BCUT2D eigenvalue weighted by molar-refractivity contribution is -0.122. The molecule has 0 saturated heterocycles. The van der Waals surface area contributed by atoms with E-state index < -0.39 is 6.10 Å². The molecule has 0 fully saturated rings. The molecule has 0 aromatic heterocycles. The summed E-state index contributed by atoms with van der Waals surface area (Å²) < 4.78 is 5.92. The van der Waals surface area contributed by atoms with Crippen LogP contribution in [0.1, 0.15) is 29.2 Å². The Hall–Kier alpha value is -2.81. The van der Waals surface area contributed by atoms with Crippen LogP contribution in [0.2, 0.25) is 0 Å². The second kappa shape index (κ2) is 6.49. The highest BCUT2D eigenvalue weighted by atomic mass is 16.5. The number of anilines is 1. The van der Waals surface area contributed by atoms with Crippen molar-refractivity contribution in [2.24, 2.45) is 0 Å². The van der Waals surface area contributed by atoms with Gasteiger partial charge in [0.15, 0.2) is 6.10 Å². The zero-order valence-corrected chi connectivity index (χ0v) is 15.4. The number of ether oxygens (including phenoxy) is 1. The van der Waals surface area contributed by atoms with Crippen molar-refractivity contribution >= 4 is 22.4 Å². The van der Waals surface area contributed by atoms with E-state index in [1.807, 2.05) is 38.1 Å². The van der Waals surface area contributed by atoms with Crippen molar-refractivity contribution in [1.82, 2.24) is 0 Å². The number of benzene rings is 3. The molecule has 1 N–H and O–H groups in total. The van der Waals surface area contributed by atoms with Crippen LogP contribution in [-0.2, 0) is 17.6 Å². The second-order valence-electron chi connectivity index (χ2n) is 7.06. The topological polar surface area (TPSA) is 38.3 Å². The van der Waals surface area contributed by atoms with Gasteiger partial charge < -0.3 is 10.1 Å². The van der Waals surface area contributed by atoms with Crippen LogP contribution in [0.25, 0.3) is 10.8 Å². The molecule has 3 nitrogen and oxygen atoms in total. The Morgan fingerprint density at radius 1 is 1.00 bits per heavy atom. The predicted molar refractivity (Wildman–Crippen MR) is 106 cm³/mol. The smallest absolute Gasteiger partial charge is 0.265 e. The Morgan fingerprint density at radius 3 is 2.54 bits per heavy atom. The molecule has 1 atom stereocenters. The van der Waals surface area contributed by atoms with Gasteiger partial charge in [0.2, 0.25) is 0 Å². The van der Waals surface area contributed by atoms with Crippen LogP contribution >= 0.6 is 0 Å². The fourth-order valence-corrected chi connectivity index (χ4v) is 3.69. The number of rotatable bonds is 4. The molecule has 132 valence electrons. The van der Waals surface area contributed by atoms with E-state index >= 15 is 0 Å². The van der Waals surface area contributed by atoms with E-state index in [0.29, 0.717) is 0 Å². The highest BCUT2D eigenvalue weighted by Gasteiger charge is 2.20. The second-order valence-corrected chi connectivity index (χ2v) is 7.06. The van der Waals surface area contributed by atoms with Crippen LogP contribution in [0.5, 0.6) is 5.75 Å². The van der Waals surface area contributed by atoms with Crippen molar-refractivity contribution < 1.29 is 9.53 Å². The first-order chi connectivity index (χ1) is 12.5. The molecule has 0 heterocycles. The van der Waals surface area contributed by atoms with Crippen molar-refractivity contribution in [2.45, 2.75) is 39.7 Å². The monoisotopic (exact) mass is 345 g/mol. The molecule has 3 aromatic rings. The van der Waals surface area contributed by atoms with Crippen LogP contribution in [0.3, 0.4) is 0 Å². The summed E-state index contributed by atoms with van der Waals surface area (Å²) >= 11 is 0. The molecule has 1 aliphatic rings. The fourth-order valence-electron chi connectivity index (χ4n) is 3.69. The molecule has 1 amide bonds. The summed E-state index contributed by atoms with van der Waals surface area (Å²) in [5, 5.41) is 5.47. The quantitative estimate of drug-likeness (QED) is 0.726. The summed E-state index contributed by atoms with van der Waals surface area (Å²) in [5.74, 6) is 0.623. The van der Waals surface area contributed by atoms with Gasteiger partial charge in [-0.2, -0.15) is 0 Å². The van der Waals surface area contributed by atoms with E-state index in [1.165, 1.54) is 16.5 Å². The largest absolute Gasteiger partial charge is 0.481 e. The van der Waals surface area contributed by atoms with Crippen molar-refractivity contribution in [3.63, 3.8) is 0 Å². The molecule has 0 aliphatic heterocycles. The SMILES string of the molecule is Cc1cccc(OC(C)C(=O)Nc2ccc3c4c(cccc24)CC3)c1C. The Balaban J connectivity index is 1.57. The predicted octanol–water partition coefficient (Wildman–Crippen LogP) is 4.96. The van der Waals surface area contributed by atoms with Crippen LogP contribution < -0.4 is 10.1 Å². The van der Waals surface area contributed by atoms with Crippen molar-refractivity contribution in [2.75, 3.05) is 5.32 Å². The Morgan fingerprint density at radius 2 is 1.73 bits per heavy atom. The maximum absolute atomic E-state index is 12.7. The molecule has 0 spiro atoms. The molecule has 0 radical (unpaired) electrons. The van der Waals surface area contributed by atoms with Gasteiger partial charge in [-0.25, -0.2) is 0 Å². The molecule has 3 aromatic carbocycles. The number of carbonyl (C=O) groups is 1. The molecule has 1 aliphatic carbocycles. The molecule has 3 heteroatoms. The first-order valence-corrected chi connectivity index (χ1v) is 9.12. The number of hydrogen-bond acceptors (Lipinski definition) is 2. The lowest BCUT2D eigenvalue weighted by Gasteiger charge is -2.18. The molecular formula is C23H23NO2. The van der Waals surface area contributed by atoms with E-state index in [4.69, 9.17) is 4.74 Å². The third kappa shape index (κ3) is 2.84. The average Bonchev–Trinajstić information content (AvgIpc) is 3.06. The van der Waals surface area contributed by atoms with Gasteiger partial charge in [-0.3, -0.25) is 4.79 Å². The minimum Gasteiger partial charge on any atom is -0.481 e. The van der Waals surface area contributed by atoms with Gasteiger partial charge in [0.25, 0.3) is 5.91 Å². The highest BCUT2D eigenvalue weighted by molar-refractivity contribution is 6.06. The molecular weight excluding hydrogens is 322 g/mol. The van der Waals surface area contributed by atoms with Gasteiger partial charge in [-0.05, 0) is 73.4 Å². The van der Waals surface area contributed by atoms with E-state index in [0.717, 1.165) is 40.8 Å². The maximum Gasteiger partial charge on any atom is 0.265 e. The van der Waals surface area contributed by atoms with Gasteiger partial charge in [-0.1, -0.05) is 36.4 Å². The molecule has 0 saturated carbocycles. The summed E-state index contributed by atoms with van der Waals surface area (Å²) in [6.45, 7) is 5.84. The van der Waals surface area contributed by atoms with Crippen LogP contribution in [0.15, 0.2) is 48.5 Å². The normalized spacial score (nSPS) is 13.7. The van der Waals surface area contributed by atoms with Crippen molar-refractivity contribution in [1.29, 1.82) is 0 Å². The summed E-state index contributed by atoms with van der Waals surface area (Å²) in [6.07, 6.45) is 1.59. The minimum absolute atomic E-state index is 0.135. The Labute approximate surface area is 154 Å². The number of amides is 1. The summed E-state index contributed by atoms with van der Waals surface area (Å²) in [4.78, 5) is 12.7. The fraction of sp³-hybridized carbons (Fsp3) is 0.261. The van der Waals surface area contributed by atoms with Gasteiger partial charge in [0, 0.05) is 11.1 Å². The zero-order chi connectivity index (χ0) is 18.3. The molecule has 1 unspecified atom stereocenters. The Kier molecular flexibility index (Phi) is 4.15. The first kappa shape index (κ1) is 16.6. The van der Waals surface area contributed by atoms with E-state index in [9.17, 15) is 4.79 Å². The summed E-state index contributed by atoms with van der Waals surface area (Å²) in [6, 6.07) is 16.4. The van der Waals surface area contributed by atoms with Crippen molar-refractivity contribution in [3.05, 3.63) is 70.8 Å². The third-order valence-corrected chi connectivity index (χ3v) is 5.36. The van der Waals surface area contributed by atoms with Crippen LogP contribution in [0.4, 0.5) is 5.69 Å². The first-order valence-electron chi connectivity index (χ1n) is 9.12. The lowest BCUT2D eigenvalue weighted by Crippen LogP contribution is -2.30. The third-order valence-electron chi connectivity index (χ3n) is 5.36. The number of aryl methyl sites for hydroxylation is 3. The highest BCUT2D eigenvalue weighted by Crippen LogP contribution is 2.35. The Bertz CT molecular complexity index is 996. The minimum atomic E-state index is -0.571. The van der Waals surface area contributed by atoms with Crippen molar-refractivity contribution in [3.8, 4) is 5.75 Å². The van der Waals surface area contributed by atoms with Gasteiger partial charge >= 0.3 is 0 Å². The summed E-state index contributed by atoms with van der Waals surface area (Å²) in [7, 11) is 0. The van der Waals surface area contributed by atoms with E-state index in [-0.39, 0.29) is 5.91 Å². The summed E-state index contributed by atoms with van der Waals surface area (Å²) in [5.41, 5.74) is 5.82. The van der Waals surface area contributed by atoms with Crippen LogP contribution in [-0.4, -0.2) is 12.0 Å². The van der Waals surface area contributed by atoms with Gasteiger partial charge in [-0.15, -0.1) is 0 Å². The number of carbonyl (C=O) groups excluding carboxylic acids is 1. The lowest BCUT2D eigenvalue weighted by atomic mass is 10.0. The number of hydrogen-bond donors (Lipinski definition) is 1. The van der Waals surface area contributed by atoms with Gasteiger partial charge in [0.05, 0.1) is 0 Å². The molecule has 4 rings (SSSR count). The average molecular weight is 345 g/mol. The van der Waals surface area contributed by atoms with E-state index in [2.05, 4.69) is 29.6 Å². The maximum atomic E-state index is 12.7. The standard InChI is InChI=1S/C23H23NO2/c1-14-6-4-9-21(15(14)2)26-16(3)23(25)24-20-13-12-18-11-10-17-7-5-8-19(20)22(17)18/h4-9,12-13,16H,10-11H2,1-3H3,(H,24,25). The number of nitrogens with one attached hydrogen (secondary N) is 1. The zero-order valence-electron chi connectivity index (χ0n) is 15.4. The molecule has 26 heavy (non-hydrogen) atoms. The van der Waals surface area contributed by atoms with E-state index in [1.54, 1.807) is 6.92 Å². The van der Waals surface area contributed by atoms with Gasteiger partial charge in [0.1, 0.15) is 5.75 Å². The molecule has 0 bridgehead atoms.